The topological polar surface area (TPSA) is 184 Å². The summed E-state index contributed by atoms with van der Waals surface area (Å²) in [6.07, 6.45) is 0.205. The summed E-state index contributed by atoms with van der Waals surface area (Å²) in [5, 5.41) is 25.4. The molecule has 13 heteroatoms. The van der Waals surface area contributed by atoms with Crippen molar-refractivity contribution in [1.82, 2.24) is 10.2 Å². The number of nitrogens with one attached hydrogen (secondary N) is 1. The summed E-state index contributed by atoms with van der Waals surface area (Å²) < 4.78 is 12.9. The van der Waals surface area contributed by atoms with Crippen molar-refractivity contribution in [3.05, 3.63) is 107 Å². The normalized spacial score (nSPS) is 17.3. The van der Waals surface area contributed by atoms with E-state index in [0.29, 0.717) is 47.5 Å². The maximum atomic E-state index is 14.6. The van der Waals surface area contributed by atoms with E-state index >= 15 is 0 Å². The van der Waals surface area contributed by atoms with Gasteiger partial charge >= 0.3 is 0 Å². The summed E-state index contributed by atoms with van der Waals surface area (Å²) in [6.45, 7) is 0.666. The number of phenolic OH excluding ortho intramolecular Hbond substituents is 2. The highest BCUT2D eigenvalue weighted by Crippen LogP contribution is 2.40. The first-order valence-electron chi connectivity index (χ1n) is 19.6. The van der Waals surface area contributed by atoms with Crippen molar-refractivity contribution in [3.63, 3.8) is 0 Å². The highest BCUT2D eigenvalue weighted by atomic mass is 35.5. The molecule has 59 heavy (non-hydrogen) atoms. The van der Waals surface area contributed by atoms with Gasteiger partial charge in [0.1, 0.15) is 24.2 Å². The van der Waals surface area contributed by atoms with Crippen LogP contribution in [0.15, 0.2) is 84.9 Å². The number of Topliss-reactive ketones (excluding diaryl/α,β-unsaturated/α-hetero) is 4. The number of nitrogens with zero attached hydrogens (tertiary/aromatic N) is 1. The van der Waals surface area contributed by atoms with Crippen LogP contribution < -0.4 is 11.1 Å². The maximum Gasteiger partial charge on any atom is 0.226 e. The first-order chi connectivity index (χ1) is 28.2. The predicted molar refractivity (Wildman–Crippen MR) is 223 cm³/mol. The summed E-state index contributed by atoms with van der Waals surface area (Å²) in [5.74, 6) is -5.49. The van der Waals surface area contributed by atoms with Gasteiger partial charge in [0.05, 0.1) is 6.04 Å². The molecule has 0 aromatic heterocycles. The fraction of sp³-hybridized carbons (Fsp3) is 0.348. The molecular weight excluding hydrogens is 777 g/mol. The molecule has 11 nitrogen and oxygen atoms in total. The SMILES string of the molecule is C[C@@H]1CC(=O)[C@@H](N(C)C(=O)[C@H](CCCCN)CC(=O)c2ccc(-c3ccc(Cl)cc3)cc2)c2ccc(O)c(c2)-c2cc(ccc2O)C[C@@H](C(=O)CCC(=O)CF)NC1=O. The zero-order valence-electron chi connectivity index (χ0n) is 33.1. The smallest absolute Gasteiger partial charge is 0.226 e. The molecule has 4 aromatic carbocycles. The molecule has 0 spiro atoms. The fourth-order valence-electron chi connectivity index (χ4n) is 7.39. The number of alkyl halides is 1. The molecule has 5 rings (SSSR count). The number of carbonyl (C=O) groups excluding carboxylic acids is 6. The number of hydrogen-bond acceptors (Lipinski definition) is 9. The van der Waals surface area contributed by atoms with E-state index in [2.05, 4.69) is 5.32 Å². The fourth-order valence-corrected chi connectivity index (χ4v) is 7.52. The largest absolute Gasteiger partial charge is 0.507 e. The molecule has 0 fully saturated rings. The van der Waals surface area contributed by atoms with Crippen molar-refractivity contribution in [2.45, 2.75) is 70.4 Å². The van der Waals surface area contributed by atoms with Crippen LogP contribution in [0.3, 0.4) is 0 Å². The lowest BCUT2D eigenvalue weighted by Crippen LogP contribution is -2.46. The molecule has 0 radical (unpaired) electrons. The molecule has 0 saturated carbocycles. The van der Waals surface area contributed by atoms with E-state index in [1.54, 1.807) is 30.3 Å². The standard InChI is InChI=1S/C46H49ClFN3O8/c1-27-21-43(57)44(51(2)46(59)33(5-3-4-20-49)25-42(56)31-9-7-29(8-10-31)30-11-14-34(47)15-12-30)32-13-18-40(54)37(24-32)36-22-28(6-17-39(36)53)23-38(50-45(27)58)41(55)19-16-35(52)26-48/h6-15,17-18,22,24,27,33,38,44,53-54H,3-5,16,19-21,23,25-26,49H2,1-2H3,(H,50,58)/t27-,33-,38+,44+/m1/s1. The molecule has 1 heterocycles. The second-order valence-electron chi connectivity index (χ2n) is 15.1. The van der Waals surface area contributed by atoms with E-state index in [-0.39, 0.29) is 60.5 Å². The zero-order valence-corrected chi connectivity index (χ0v) is 33.8. The van der Waals surface area contributed by atoms with Crippen LogP contribution in [-0.4, -0.2) is 76.4 Å². The van der Waals surface area contributed by atoms with E-state index in [1.807, 2.05) is 24.3 Å². The van der Waals surface area contributed by atoms with Crippen LogP contribution in [0.5, 0.6) is 11.5 Å². The number of benzene rings is 4. The number of fused-ring (bicyclic) bond motifs is 5. The van der Waals surface area contributed by atoms with Gasteiger partial charge in [-0.25, -0.2) is 4.39 Å². The number of likely N-dealkylation sites (N-methyl/N-ethyl adjacent to an activating group) is 1. The Morgan fingerprint density at radius 2 is 1.49 bits per heavy atom. The summed E-state index contributed by atoms with van der Waals surface area (Å²) in [6, 6.07) is 20.7. The van der Waals surface area contributed by atoms with Crippen molar-refractivity contribution < 1.29 is 43.4 Å². The van der Waals surface area contributed by atoms with E-state index in [4.69, 9.17) is 17.3 Å². The Labute approximate surface area is 347 Å². The molecule has 0 unspecified atom stereocenters. The number of halogens is 2. The van der Waals surface area contributed by atoms with E-state index in [9.17, 15) is 43.4 Å². The van der Waals surface area contributed by atoms with Crippen LogP contribution >= 0.6 is 11.6 Å². The lowest BCUT2D eigenvalue weighted by Gasteiger charge is -2.32. The summed E-state index contributed by atoms with van der Waals surface area (Å²) in [5.41, 5.74) is 9.08. The van der Waals surface area contributed by atoms with Crippen LogP contribution in [0.25, 0.3) is 22.3 Å². The minimum Gasteiger partial charge on any atom is -0.507 e. The maximum absolute atomic E-state index is 14.6. The predicted octanol–water partition coefficient (Wildman–Crippen LogP) is 7.13. The van der Waals surface area contributed by atoms with Gasteiger partial charge in [-0.15, -0.1) is 0 Å². The van der Waals surface area contributed by atoms with Gasteiger partial charge in [0, 0.05) is 66.3 Å². The Morgan fingerprint density at radius 1 is 0.864 bits per heavy atom. The van der Waals surface area contributed by atoms with E-state index in [1.165, 1.54) is 49.2 Å². The quantitative estimate of drug-likeness (QED) is 0.0716. The third-order valence-electron chi connectivity index (χ3n) is 10.8. The number of ketones is 4. The molecule has 4 aromatic rings. The lowest BCUT2D eigenvalue weighted by molar-refractivity contribution is -0.142. The highest BCUT2D eigenvalue weighted by molar-refractivity contribution is 6.30. The molecule has 4 atom stereocenters. The van der Waals surface area contributed by atoms with Crippen LogP contribution in [0, 0.1) is 11.8 Å². The third-order valence-corrected chi connectivity index (χ3v) is 11.1. The number of aromatic hydroxyl groups is 2. The molecule has 5 N–H and O–H groups in total. The Hall–Kier alpha value is -5.72. The number of rotatable bonds is 15. The summed E-state index contributed by atoms with van der Waals surface area (Å²) in [4.78, 5) is 82.7. The van der Waals surface area contributed by atoms with Crippen LogP contribution in [0.4, 0.5) is 4.39 Å². The van der Waals surface area contributed by atoms with E-state index < -0.39 is 59.8 Å². The molecule has 310 valence electrons. The van der Waals surface area contributed by atoms with Crippen molar-refractivity contribution in [3.8, 4) is 33.8 Å². The highest BCUT2D eigenvalue weighted by Gasteiger charge is 2.36. The van der Waals surface area contributed by atoms with Gasteiger partial charge in [0.25, 0.3) is 0 Å². The molecule has 2 amide bonds. The van der Waals surface area contributed by atoms with Crippen LogP contribution in [-0.2, 0) is 30.4 Å². The van der Waals surface area contributed by atoms with Gasteiger partial charge < -0.3 is 26.2 Å². The molecule has 1 aliphatic rings. The molecule has 1 aliphatic heterocycles. The first kappa shape index (κ1) is 44.4. The number of carbonyl (C=O) groups is 6. The van der Waals surface area contributed by atoms with Gasteiger partial charge in [-0.05, 0) is 84.5 Å². The van der Waals surface area contributed by atoms with Gasteiger partial charge in [0.2, 0.25) is 11.8 Å². The number of unbranched alkanes of at least 4 members (excludes halogenated alkanes) is 1. The molecular formula is C46H49ClFN3O8. The Kier molecular flexibility index (Phi) is 15.3. The number of amides is 2. The van der Waals surface area contributed by atoms with Crippen molar-refractivity contribution in [2.75, 3.05) is 20.3 Å². The Balaban J connectivity index is 1.49. The molecule has 0 aliphatic carbocycles. The Morgan fingerprint density at radius 3 is 2.14 bits per heavy atom. The van der Waals surface area contributed by atoms with Gasteiger partial charge in [-0.2, -0.15) is 0 Å². The summed E-state index contributed by atoms with van der Waals surface area (Å²) in [7, 11) is 1.46. The first-order valence-corrected chi connectivity index (χ1v) is 20.0. The number of phenols is 2. The molecule has 0 saturated heterocycles. The second kappa shape index (κ2) is 20.3. The minimum atomic E-state index is -1.29. The van der Waals surface area contributed by atoms with Crippen molar-refractivity contribution >= 4 is 46.5 Å². The van der Waals surface area contributed by atoms with Gasteiger partial charge in [-0.3, -0.25) is 28.8 Å². The van der Waals surface area contributed by atoms with Gasteiger partial charge in [0.15, 0.2) is 23.1 Å². The van der Waals surface area contributed by atoms with E-state index in [0.717, 1.165) is 11.1 Å². The number of nitrogens with two attached hydrogens (primary N) is 1. The number of hydrogen-bond donors (Lipinski definition) is 4. The average molecular weight is 826 g/mol. The average Bonchev–Trinajstić information content (AvgIpc) is 3.23. The lowest BCUT2D eigenvalue weighted by atomic mass is 9.87. The monoisotopic (exact) mass is 825 g/mol. The van der Waals surface area contributed by atoms with Crippen molar-refractivity contribution in [2.24, 2.45) is 17.6 Å². The Bertz CT molecular complexity index is 2190. The van der Waals surface area contributed by atoms with Crippen LogP contribution in [0.2, 0.25) is 5.02 Å². The molecule has 4 bridgehead atoms. The zero-order chi connectivity index (χ0) is 42.8. The third kappa shape index (κ3) is 11.3. The summed E-state index contributed by atoms with van der Waals surface area (Å²) >= 11 is 6.04. The minimum absolute atomic E-state index is 0.0561. The van der Waals surface area contributed by atoms with Gasteiger partial charge in [-0.1, -0.05) is 73.5 Å². The van der Waals surface area contributed by atoms with Crippen LogP contribution in [0.1, 0.15) is 79.4 Å². The van der Waals surface area contributed by atoms with Crippen molar-refractivity contribution in [1.29, 1.82) is 0 Å². The second-order valence-corrected chi connectivity index (χ2v) is 15.6.